The molecule has 10 nitrogen and oxygen atoms in total. The standard InChI is InChI=1S/C20H22N2O8/c1-10(2)20(4,19(27)29-5)22(28)17(26)14(18(22)30-11(3)23)21-15(24)12-8-6-7-9-13(12)16(21)25/h6-10,14,18H,1-5H3. The van der Waals surface area contributed by atoms with Gasteiger partial charge >= 0.3 is 17.8 Å². The first-order valence-electron chi connectivity index (χ1n) is 9.31. The largest absolute Gasteiger partial charge is 0.622 e. The molecule has 2 aliphatic rings. The van der Waals surface area contributed by atoms with Crippen molar-refractivity contribution in [2.24, 2.45) is 5.92 Å². The molecule has 0 bridgehead atoms. The Kier molecular flexibility index (Phi) is 5.03. The lowest BCUT2D eigenvalue weighted by Gasteiger charge is -2.63. The molecule has 160 valence electrons. The molecule has 1 saturated heterocycles. The molecule has 0 radical (unpaired) electrons. The maximum atomic E-state index is 13.8. The Morgan fingerprint density at radius 3 is 2.03 bits per heavy atom. The van der Waals surface area contributed by atoms with Gasteiger partial charge in [0, 0.05) is 19.8 Å². The fourth-order valence-electron chi connectivity index (χ4n) is 4.02. The van der Waals surface area contributed by atoms with Crippen LogP contribution in [-0.4, -0.2) is 64.1 Å². The van der Waals surface area contributed by atoms with Crippen LogP contribution in [-0.2, 0) is 23.9 Å². The van der Waals surface area contributed by atoms with Crippen molar-refractivity contribution < 1.29 is 38.1 Å². The van der Waals surface area contributed by atoms with Crippen LogP contribution >= 0.6 is 0 Å². The van der Waals surface area contributed by atoms with Crippen LogP contribution in [0.15, 0.2) is 24.3 Å². The van der Waals surface area contributed by atoms with E-state index in [9.17, 15) is 29.2 Å². The zero-order valence-electron chi connectivity index (χ0n) is 17.2. The third-order valence-electron chi connectivity index (χ3n) is 6.01. The summed E-state index contributed by atoms with van der Waals surface area (Å²) < 4.78 is 8.01. The van der Waals surface area contributed by atoms with Gasteiger partial charge in [0.25, 0.3) is 18.0 Å². The number of likely N-dealkylation sites (tertiary alicyclic amines) is 1. The average Bonchev–Trinajstić information content (AvgIpc) is 2.96. The molecule has 2 aliphatic heterocycles. The number of rotatable bonds is 5. The third-order valence-corrected chi connectivity index (χ3v) is 6.01. The quantitative estimate of drug-likeness (QED) is 0.227. The Hall–Kier alpha value is -3.11. The van der Waals surface area contributed by atoms with Crippen molar-refractivity contribution in [1.82, 2.24) is 4.90 Å². The lowest BCUT2D eigenvalue weighted by molar-refractivity contribution is -0.928. The van der Waals surface area contributed by atoms with Gasteiger partial charge in [0.2, 0.25) is 11.6 Å². The first-order valence-corrected chi connectivity index (χ1v) is 9.31. The fourth-order valence-corrected chi connectivity index (χ4v) is 4.02. The van der Waals surface area contributed by atoms with Crippen LogP contribution in [0.25, 0.3) is 0 Å². The summed E-state index contributed by atoms with van der Waals surface area (Å²) in [6.07, 6.45) is -1.80. The number of hydroxylamine groups is 3. The number of quaternary nitrogens is 1. The number of carbonyl (C=O) groups excluding carboxylic acids is 5. The molecule has 0 saturated carbocycles. The van der Waals surface area contributed by atoms with Gasteiger partial charge in [-0.25, -0.2) is 19.1 Å². The summed E-state index contributed by atoms with van der Waals surface area (Å²) >= 11 is 0. The first-order chi connectivity index (χ1) is 13.9. The van der Waals surface area contributed by atoms with Gasteiger partial charge in [0.15, 0.2) is 0 Å². The van der Waals surface area contributed by atoms with Crippen molar-refractivity contribution in [3.05, 3.63) is 40.6 Å². The zero-order chi connectivity index (χ0) is 22.6. The van der Waals surface area contributed by atoms with Crippen molar-refractivity contribution >= 4 is 29.7 Å². The second-order valence-electron chi connectivity index (χ2n) is 7.76. The molecular weight excluding hydrogens is 396 g/mol. The molecule has 3 amide bonds. The van der Waals surface area contributed by atoms with Gasteiger partial charge < -0.3 is 14.7 Å². The number of β-lactam (4-membered cyclic amide) rings is 1. The number of nitrogens with zero attached hydrogens (tertiary/aromatic N) is 2. The van der Waals surface area contributed by atoms with E-state index in [-0.39, 0.29) is 11.1 Å². The van der Waals surface area contributed by atoms with Crippen LogP contribution in [0.4, 0.5) is 0 Å². The topological polar surface area (TPSA) is 130 Å². The van der Waals surface area contributed by atoms with Crippen molar-refractivity contribution in [2.75, 3.05) is 7.11 Å². The highest BCUT2D eigenvalue weighted by molar-refractivity contribution is 6.23. The molecule has 1 fully saturated rings. The Labute approximate surface area is 172 Å². The first kappa shape index (κ1) is 21.6. The minimum Gasteiger partial charge on any atom is -0.622 e. The summed E-state index contributed by atoms with van der Waals surface area (Å²) in [4.78, 5) is 63.7. The number of amides is 3. The summed E-state index contributed by atoms with van der Waals surface area (Å²) in [7, 11) is 1.07. The van der Waals surface area contributed by atoms with Crippen LogP contribution in [0, 0.1) is 11.1 Å². The van der Waals surface area contributed by atoms with Crippen molar-refractivity contribution in [3.8, 4) is 0 Å². The number of hydrogen-bond acceptors (Lipinski definition) is 8. The number of fused-ring (bicyclic) bond motifs is 1. The molecule has 1 aromatic rings. The van der Waals surface area contributed by atoms with Gasteiger partial charge in [-0.3, -0.25) is 14.4 Å². The summed E-state index contributed by atoms with van der Waals surface area (Å²) in [5.41, 5.74) is -1.82. The SMILES string of the molecule is COC(=O)C(C)(C(C)C)[N+]1([O-])C(=O)C(N2C(=O)c3ccccc3C2=O)C1OC(C)=O. The van der Waals surface area contributed by atoms with Crippen LogP contribution in [0.5, 0.6) is 0 Å². The third kappa shape index (κ3) is 2.53. The molecule has 30 heavy (non-hydrogen) atoms. The molecule has 3 rings (SSSR count). The number of carbonyl (C=O) groups is 5. The van der Waals surface area contributed by atoms with Gasteiger partial charge in [-0.1, -0.05) is 26.0 Å². The normalized spacial score (nSPS) is 27.4. The zero-order valence-corrected chi connectivity index (χ0v) is 17.2. The second kappa shape index (κ2) is 6.99. The van der Waals surface area contributed by atoms with E-state index in [2.05, 4.69) is 0 Å². The summed E-state index contributed by atoms with van der Waals surface area (Å²) in [5, 5.41) is 13.8. The van der Waals surface area contributed by atoms with E-state index in [0.717, 1.165) is 14.0 Å². The molecule has 0 spiro atoms. The molecule has 1 aromatic carbocycles. The lowest BCUT2D eigenvalue weighted by atomic mass is 9.80. The Balaban J connectivity index is 2.10. The highest BCUT2D eigenvalue weighted by Crippen LogP contribution is 2.47. The number of imide groups is 1. The van der Waals surface area contributed by atoms with E-state index < -0.39 is 58.0 Å². The molecule has 10 heteroatoms. The van der Waals surface area contributed by atoms with Gasteiger partial charge in [-0.05, 0) is 12.1 Å². The van der Waals surface area contributed by atoms with Gasteiger partial charge in [0.1, 0.15) is 0 Å². The van der Waals surface area contributed by atoms with E-state index in [4.69, 9.17) is 9.47 Å². The molecule has 2 heterocycles. The minimum atomic E-state index is -1.97. The molecule has 0 aromatic heterocycles. The highest BCUT2D eigenvalue weighted by atomic mass is 16.7. The number of methoxy groups -OCH3 is 1. The fraction of sp³-hybridized carbons (Fsp3) is 0.450. The van der Waals surface area contributed by atoms with E-state index in [1.165, 1.54) is 19.1 Å². The number of hydrogen-bond donors (Lipinski definition) is 0. The Bertz CT molecular complexity index is 938. The van der Waals surface area contributed by atoms with E-state index in [1.54, 1.807) is 26.0 Å². The summed E-state index contributed by atoms with van der Waals surface area (Å²) in [6, 6.07) is 4.31. The maximum Gasteiger partial charge on any atom is 0.368 e. The summed E-state index contributed by atoms with van der Waals surface area (Å²) in [5.74, 6) is -5.27. The monoisotopic (exact) mass is 418 g/mol. The molecule has 0 aliphatic carbocycles. The van der Waals surface area contributed by atoms with Crippen LogP contribution in [0.3, 0.4) is 0 Å². The predicted molar refractivity (Wildman–Crippen MR) is 100 cm³/mol. The number of benzene rings is 1. The van der Waals surface area contributed by atoms with E-state index in [1.807, 2.05) is 0 Å². The van der Waals surface area contributed by atoms with Crippen molar-refractivity contribution in [3.63, 3.8) is 0 Å². The van der Waals surface area contributed by atoms with Crippen LogP contribution in [0.2, 0.25) is 0 Å². The van der Waals surface area contributed by atoms with E-state index >= 15 is 0 Å². The lowest BCUT2D eigenvalue weighted by Crippen LogP contribution is -2.88. The molecular formula is C20H22N2O8. The van der Waals surface area contributed by atoms with E-state index in [0.29, 0.717) is 4.90 Å². The van der Waals surface area contributed by atoms with Crippen molar-refractivity contribution in [2.45, 2.75) is 45.5 Å². The Morgan fingerprint density at radius 1 is 1.13 bits per heavy atom. The van der Waals surface area contributed by atoms with Gasteiger partial charge in [0.05, 0.1) is 18.2 Å². The van der Waals surface area contributed by atoms with Gasteiger partial charge in [-0.2, -0.15) is 0 Å². The van der Waals surface area contributed by atoms with Crippen LogP contribution in [0.1, 0.15) is 48.4 Å². The summed E-state index contributed by atoms with van der Waals surface area (Å²) in [6.45, 7) is 5.35. The molecule has 0 N–H and O–H groups in total. The maximum absolute atomic E-state index is 13.8. The smallest absolute Gasteiger partial charge is 0.368 e. The minimum absolute atomic E-state index is 0.0763. The average molecular weight is 418 g/mol. The number of esters is 2. The molecule has 4 unspecified atom stereocenters. The van der Waals surface area contributed by atoms with Gasteiger partial charge in [-0.15, -0.1) is 0 Å². The second-order valence-corrected chi connectivity index (χ2v) is 7.76. The van der Waals surface area contributed by atoms with Crippen molar-refractivity contribution in [1.29, 1.82) is 0 Å². The highest BCUT2D eigenvalue weighted by Gasteiger charge is 2.75. The Morgan fingerprint density at radius 2 is 1.63 bits per heavy atom. The number of ether oxygens (including phenoxy) is 2. The predicted octanol–water partition coefficient (Wildman–Crippen LogP) is 0.983. The van der Waals surface area contributed by atoms with Crippen LogP contribution < -0.4 is 0 Å². The molecule has 4 atom stereocenters.